The number of halogens is 2. The summed E-state index contributed by atoms with van der Waals surface area (Å²) in [6, 6.07) is 2.27. The summed E-state index contributed by atoms with van der Waals surface area (Å²) in [4.78, 5) is 12.1. The summed E-state index contributed by atoms with van der Waals surface area (Å²) in [7, 11) is 0. The van der Waals surface area contributed by atoms with Crippen molar-refractivity contribution in [3.05, 3.63) is 32.5 Å². The molecule has 0 bridgehead atoms. The summed E-state index contributed by atoms with van der Waals surface area (Å²) >= 11 is 3.02. The third-order valence-corrected chi connectivity index (χ3v) is 3.50. The zero-order valence-corrected chi connectivity index (χ0v) is 11.5. The van der Waals surface area contributed by atoms with Gasteiger partial charge in [-0.2, -0.15) is 0 Å². The fraction of sp³-hybridized carbons (Fsp3) is 0.455. The fourth-order valence-corrected chi connectivity index (χ4v) is 2.31. The lowest BCUT2D eigenvalue weighted by Crippen LogP contribution is -2.44. The number of nitrogens with zero attached hydrogens (tertiary/aromatic N) is 2. The molecule has 1 N–H and O–H groups in total. The van der Waals surface area contributed by atoms with E-state index >= 15 is 0 Å². The fourth-order valence-electron chi connectivity index (χ4n) is 1.97. The highest BCUT2D eigenvalue weighted by Gasteiger charge is 2.27. The molecule has 1 aromatic rings. The first-order chi connectivity index (χ1) is 9.02. The van der Waals surface area contributed by atoms with Crippen LogP contribution in [0, 0.1) is 15.9 Å². The Hall–Kier alpha value is -1.25. The van der Waals surface area contributed by atoms with Crippen LogP contribution in [0.4, 0.5) is 15.8 Å². The number of hydrogen-bond acceptors (Lipinski definition) is 5. The molecule has 1 aliphatic heterocycles. The van der Waals surface area contributed by atoms with Crippen molar-refractivity contribution < 1.29 is 19.2 Å². The van der Waals surface area contributed by atoms with E-state index in [9.17, 15) is 14.5 Å². The molecule has 1 atom stereocenters. The number of hydrogen-bond donors (Lipinski definition) is 1. The molecular weight excluding hydrogens is 323 g/mol. The van der Waals surface area contributed by atoms with Gasteiger partial charge in [0.2, 0.25) is 0 Å². The van der Waals surface area contributed by atoms with Crippen LogP contribution >= 0.6 is 15.9 Å². The van der Waals surface area contributed by atoms with Crippen LogP contribution in [0.15, 0.2) is 16.6 Å². The molecule has 19 heavy (non-hydrogen) atoms. The summed E-state index contributed by atoms with van der Waals surface area (Å²) in [5.41, 5.74) is 0.0271. The molecular formula is C11H12BrFN2O4. The van der Waals surface area contributed by atoms with Crippen molar-refractivity contribution in [3.63, 3.8) is 0 Å². The second-order valence-electron chi connectivity index (χ2n) is 4.13. The molecule has 2 rings (SSSR count). The average Bonchev–Trinajstić information content (AvgIpc) is 2.41. The van der Waals surface area contributed by atoms with Gasteiger partial charge in [-0.05, 0) is 22.0 Å². The third kappa shape index (κ3) is 3.02. The lowest BCUT2D eigenvalue weighted by Gasteiger charge is -2.33. The SMILES string of the molecule is O=[N+]([O-])c1cc(F)c(Br)cc1N1CCOC(CO)C1. The Morgan fingerprint density at radius 1 is 1.63 bits per heavy atom. The quantitative estimate of drug-likeness (QED) is 0.672. The molecule has 1 fully saturated rings. The first kappa shape index (κ1) is 14.2. The summed E-state index contributed by atoms with van der Waals surface area (Å²) in [6.45, 7) is 0.981. The van der Waals surface area contributed by atoms with Gasteiger partial charge in [-0.15, -0.1) is 0 Å². The Kier molecular flexibility index (Phi) is 4.33. The predicted molar refractivity (Wildman–Crippen MR) is 69.8 cm³/mol. The van der Waals surface area contributed by atoms with Crippen LogP contribution in [0.1, 0.15) is 0 Å². The van der Waals surface area contributed by atoms with Crippen molar-refractivity contribution in [2.75, 3.05) is 31.2 Å². The Bertz CT molecular complexity index is 500. The normalized spacial score (nSPS) is 19.5. The molecule has 0 saturated carbocycles. The maximum atomic E-state index is 13.4. The van der Waals surface area contributed by atoms with E-state index in [1.54, 1.807) is 4.90 Å². The number of anilines is 1. The molecule has 6 nitrogen and oxygen atoms in total. The van der Waals surface area contributed by atoms with Crippen molar-refractivity contribution in [1.29, 1.82) is 0 Å². The first-order valence-corrected chi connectivity index (χ1v) is 6.43. The summed E-state index contributed by atoms with van der Waals surface area (Å²) in [5, 5.41) is 20.1. The van der Waals surface area contributed by atoms with E-state index in [2.05, 4.69) is 15.9 Å². The molecule has 0 radical (unpaired) electrons. The summed E-state index contributed by atoms with van der Waals surface area (Å²) in [6.07, 6.45) is -0.391. The van der Waals surface area contributed by atoms with Gasteiger partial charge in [0.25, 0.3) is 5.69 Å². The molecule has 8 heteroatoms. The zero-order chi connectivity index (χ0) is 14.0. The van der Waals surface area contributed by atoms with Crippen molar-refractivity contribution in [1.82, 2.24) is 0 Å². The van der Waals surface area contributed by atoms with Gasteiger partial charge in [0.05, 0.1) is 34.8 Å². The minimum Gasteiger partial charge on any atom is -0.394 e. The Morgan fingerprint density at radius 2 is 2.37 bits per heavy atom. The van der Waals surface area contributed by atoms with Gasteiger partial charge < -0.3 is 14.7 Å². The Balaban J connectivity index is 2.37. The van der Waals surface area contributed by atoms with Crippen LogP contribution < -0.4 is 4.90 Å². The number of nitro benzene ring substituents is 1. The number of rotatable bonds is 3. The number of benzene rings is 1. The second kappa shape index (κ2) is 5.81. The highest BCUT2D eigenvalue weighted by Crippen LogP contribution is 2.34. The average molecular weight is 335 g/mol. The monoisotopic (exact) mass is 334 g/mol. The first-order valence-electron chi connectivity index (χ1n) is 5.63. The third-order valence-electron chi connectivity index (χ3n) is 2.90. The van der Waals surface area contributed by atoms with Gasteiger partial charge in [-0.3, -0.25) is 10.1 Å². The molecule has 0 spiro atoms. The molecule has 1 aliphatic rings. The molecule has 1 aromatic carbocycles. The van der Waals surface area contributed by atoms with E-state index in [4.69, 9.17) is 9.84 Å². The maximum absolute atomic E-state index is 13.4. The molecule has 1 unspecified atom stereocenters. The molecule has 104 valence electrons. The van der Waals surface area contributed by atoms with Crippen LogP contribution in [0.3, 0.4) is 0 Å². The lowest BCUT2D eigenvalue weighted by molar-refractivity contribution is -0.384. The van der Waals surface area contributed by atoms with Crippen molar-refractivity contribution in [2.24, 2.45) is 0 Å². The van der Waals surface area contributed by atoms with E-state index in [1.807, 2.05) is 0 Å². The highest BCUT2D eigenvalue weighted by molar-refractivity contribution is 9.10. The predicted octanol–water partition coefficient (Wildman–Crippen LogP) is 1.69. The largest absolute Gasteiger partial charge is 0.394 e. The van der Waals surface area contributed by atoms with E-state index in [1.165, 1.54) is 6.07 Å². The maximum Gasteiger partial charge on any atom is 0.295 e. The van der Waals surface area contributed by atoms with Crippen LogP contribution in [0.2, 0.25) is 0 Å². The Labute approximate surface area is 117 Å². The number of morpholine rings is 1. The lowest BCUT2D eigenvalue weighted by atomic mass is 10.2. The van der Waals surface area contributed by atoms with Gasteiger partial charge in [0.1, 0.15) is 11.5 Å². The van der Waals surface area contributed by atoms with Crippen molar-refractivity contribution >= 4 is 27.3 Å². The van der Waals surface area contributed by atoms with E-state index < -0.39 is 16.8 Å². The molecule has 1 heterocycles. The van der Waals surface area contributed by atoms with Crippen LogP contribution in [-0.2, 0) is 4.74 Å². The molecule has 0 amide bonds. The molecule has 0 aromatic heterocycles. The topological polar surface area (TPSA) is 75.8 Å². The number of aliphatic hydroxyl groups is 1. The van der Waals surface area contributed by atoms with Gasteiger partial charge in [-0.1, -0.05) is 0 Å². The Morgan fingerprint density at radius 3 is 3.00 bits per heavy atom. The van der Waals surface area contributed by atoms with Gasteiger partial charge in [0, 0.05) is 13.1 Å². The zero-order valence-electron chi connectivity index (χ0n) is 9.88. The van der Waals surface area contributed by atoms with Gasteiger partial charge >= 0.3 is 0 Å². The number of ether oxygens (including phenoxy) is 1. The van der Waals surface area contributed by atoms with Crippen LogP contribution in [-0.4, -0.2) is 42.4 Å². The standard InChI is InChI=1S/C11H12BrFN2O4/c12-8-3-10(11(15(17)18)4-9(8)13)14-1-2-19-7(5-14)6-16/h3-4,7,16H,1-2,5-6H2. The molecule has 1 saturated heterocycles. The van der Waals surface area contributed by atoms with Crippen LogP contribution in [0.5, 0.6) is 0 Å². The van der Waals surface area contributed by atoms with E-state index in [-0.39, 0.29) is 16.8 Å². The van der Waals surface area contributed by atoms with Crippen molar-refractivity contribution in [3.8, 4) is 0 Å². The van der Waals surface area contributed by atoms with Gasteiger partial charge in [0.15, 0.2) is 0 Å². The minimum atomic E-state index is -0.678. The summed E-state index contributed by atoms with van der Waals surface area (Å²) in [5.74, 6) is -0.678. The van der Waals surface area contributed by atoms with Crippen LogP contribution in [0.25, 0.3) is 0 Å². The number of aliphatic hydroxyl groups excluding tert-OH is 1. The number of nitro groups is 1. The van der Waals surface area contributed by atoms with E-state index in [0.29, 0.717) is 25.4 Å². The van der Waals surface area contributed by atoms with Crippen molar-refractivity contribution in [2.45, 2.75) is 6.10 Å². The van der Waals surface area contributed by atoms with Gasteiger partial charge in [-0.25, -0.2) is 4.39 Å². The summed E-state index contributed by atoms with van der Waals surface area (Å²) < 4.78 is 18.8. The van der Waals surface area contributed by atoms with E-state index in [0.717, 1.165) is 6.07 Å². The second-order valence-corrected chi connectivity index (χ2v) is 4.99. The minimum absolute atomic E-state index is 0.160. The smallest absolute Gasteiger partial charge is 0.295 e. The molecule has 0 aliphatic carbocycles. The highest BCUT2D eigenvalue weighted by atomic mass is 79.9.